The average Bonchev–Trinajstić information content (AvgIpc) is 2.43. The van der Waals surface area contributed by atoms with Gasteiger partial charge < -0.3 is 14.5 Å². The lowest BCUT2D eigenvalue weighted by molar-refractivity contribution is -0.143. The fraction of sp³-hybridized carbons (Fsp3) is 0.857. The Morgan fingerprint density at radius 2 is 1.58 bits per heavy atom. The highest BCUT2D eigenvalue weighted by molar-refractivity contribution is 5.80. The van der Waals surface area contributed by atoms with Crippen molar-refractivity contribution in [2.45, 2.75) is 27.2 Å². The second-order valence-corrected chi connectivity index (χ2v) is 5.48. The van der Waals surface area contributed by atoms with Gasteiger partial charge in [0.05, 0.1) is 13.0 Å². The van der Waals surface area contributed by atoms with Crippen LogP contribution in [0, 0.1) is 11.8 Å². The Morgan fingerprint density at radius 3 is 2.05 bits per heavy atom. The van der Waals surface area contributed by atoms with Crippen LogP contribution in [0.5, 0.6) is 0 Å². The van der Waals surface area contributed by atoms with Gasteiger partial charge in [-0.05, 0) is 5.92 Å². The van der Waals surface area contributed by atoms with E-state index in [4.69, 9.17) is 4.74 Å². The largest absolute Gasteiger partial charge is 0.384 e. The molecule has 0 radical (unpaired) electrons. The number of amides is 2. The van der Waals surface area contributed by atoms with E-state index in [1.54, 1.807) is 7.11 Å². The average molecular weight is 270 g/mol. The van der Waals surface area contributed by atoms with Gasteiger partial charge in [0.2, 0.25) is 11.8 Å². The van der Waals surface area contributed by atoms with Crippen LogP contribution < -0.4 is 0 Å². The SMILES string of the molecule is COCCC(=O)N1CCN(C(=O)[C@H](C)C(C)C)CC1. The van der Waals surface area contributed by atoms with Crippen LogP contribution in [-0.4, -0.2) is 61.5 Å². The molecule has 0 bridgehead atoms. The summed E-state index contributed by atoms with van der Waals surface area (Å²) in [7, 11) is 1.59. The number of carbonyl (C=O) groups is 2. The molecule has 19 heavy (non-hydrogen) atoms. The first kappa shape index (κ1) is 16.0. The summed E-state index contributed by atoms with van der Waals surface area (Å²) in [5.41, 5.74) is 0. The summed E-state index contributed by atoms with van der Waals surface area (Å²) in [5.74, 6) is 0.731. The maximum Gasteiger partial charge on any atom is 0.225 e. The van der Waals surface area contributed by atoms with E-state index < -0.39 is 0 Å². The minimum absolute atomic E-state index is 0.0516. The van der Waals surface area contributed by atoms with E-state index in [1.165, 1.54) is 0 Å². The lowest BCUT2D eigenvalue weighted by atomic mass is 9.96. The van der Waals surface area contributed by atoms with Crippen LogP contribution in [-0.2, 0) is 14.3 Å². The second-order valence-electron chi connectivity index (χ2n) is 5.48. The molecule has 1 fully saturated rings. The highest BCUT2D eigenvalue weighted by Crippen LogP contribution is 2.15. The van der Waals surface area contributed by atoms with E-state index in [-0.39, 0.29) is 17.7 Å². The number of rotatable bonds is 5. The number of carbonyl (C=O) groups excluding carboxylic acids is 2. The number of hydrogen-bond donors (Lipinski definition) is 0. The van der Waals surface area contributed by atoms with Crippen molar-refractivity contribution in [3.8, 4) is 0 Å². The van der Waals surface area contributed by atoms with Crippen molar-refractivity contribution in [1.29, 1.82) is 0 Å². The molecule has 0 unspecified atom stereocenters. The van der Waals surface area contributed by atoms with Crippen molar-refractivity contribution in [2.24, 2.45) is 11.8 Å². The summed E-state index contributed by atoms with van der Waals surface area (Å²) < 4.78 is 4.91. The molecule has 0 aromatic heterocycles. The summed E-state index contributed by atoms with van der Waals surface area (Å²) in [6, 6.07) is 0. The van der Waals surface area contributed by atoms with Crippen LogP contribution in [0.3, 0.4) is 0 Å². The molecule has 0 N–H and O–H groups in total. The molecule has 5 nitrogen and oxygen atoms in total. The molecule has 0 aliphatic carbocycles. The summed E-state index contributed by atoms with van der Waals surface area (Å²) in [5, 5.41) is 0. The number of nitrogens with zero attached hydrogens (tertiary/aromatic N) is 2. The molecular formula is C14H26N2O3. The molecule has 0 spiro atoms. The first-order valence-electron chi connectivity index (χ1n) is 7.02. The summed E-state index contributed by atoms with van der Waals surface area (Å²) in [4.78, 5) is 27.7. The van der Waals surface area contributed by atoms with Gasteiger partial charge in [-0.2, -0.15) is 0 Å². The molecule has 1 atom stereocenters. The summed E-state index contributed by atoms with van der Waals surface area (Å²) in [6.07, 6.45) is 0.423. The molecule has 1 heterocycles. The molecular weight excluding hydrogens is 244 g/mol. The predicted molar refractivity (Wildman–Crippen MR) is 73.7 cm³/mol. The lowest BCUT2D eigenvalue weighted by Gasteiger charge is -2.36. The van der Waals surface area contributed by atoms with Gasteiger partial charge in [0.1, 0.15) is 0 Å². The standard InChI is InChI=1S/C14H26N2O3/c1-11(2)12(3)14(18)16-8-6-15(7-9-16)13(17)5-10-19-4/h11-12H,5-10H2,1-4H3/t12-/m1/s1. The highest BCUT2D eigenvalue weighted by atomic mass is 16.5. The third kappa shape index (κ3) is 4.49. The lowest BCUT2D eigenvalue weighted by Crippen LogP contribution is -2.52. The van der Waals surface area contributed by atoms with Crippen molar-refractivity contribution < 1.29 is 14.3 Å². The Labute approximate surface area is 115 Å². The van der Waals surface area contributed by atoms with Crippen LogP contribution >= 0.6 is 0 Å². The van der Waals surface area contributed by atoms with Crippen LogP contribution in [0.15, 0.2) is 0 Å². The van der Waals surface area contributed by atoms with E-state index in [2.05, 4.69) is 13.8 Å². The molecule has 110 valence electrons. The molecule has 1 saturated heterocycles. The summed E-state index contributed by atoms with van der Waals surface area (Å²) in [6.45, 7) is 9.13. The Morgan fingerprint density at radius 1 is 1.05 bits per heavy atom. The van der Waals surface area contributed by atoms with Crippen molar-refractivity contribution in [2.75, 3.05) is 39.9 Å². The molecule has 1 aliphatic rings. The first-order valence-corrected chi connectivity index (χ1v) is 7.02. The van der Waals surface area contributed by atoms with E-state index in [0.717, 1.165) is 0 Å². The van der Waals surface area contributed by atoms with Crippen molar-refractivity contribution in [3.05, 3.63) is 0 Å². The van der Waals surface area contributed by atoms with E-state index in [0.29, 0.717) is 45.1 Å². The van der Waals surface area contributed by atoms with Crippen LogP contribution in [0.2, 0.25) is 0 Å². The van der Waals surface area contributed by atoms with E-state index in [9.17, 15) is 9.59 Å². The Kier molecular flexibility index (Phi) is 6.28. The number of methoxy groups -OCH3 is 1. The van der Waals surface area contributed by atoms with Gasteiger partial charge in [-0.1, -0.05) is 20.8 Å². The maximum absolute atomic E-state index is 12.2. The van der Waals surface area contributed by atoms with E-state index >= 15 is 0 Å². The van der Waals surface area contributed by atoms with Crippen molar-refractivity contribution in [3.63, 3.8) is 0 Å². The number of ether oxygens (including phenoxy) is 1. The zero-order valence-corrected chi connectivity index (χ0v) is 12.5. The zero-order chi connectivity index (χ0) is 14.4. The Hall–Kier alpha value is -1.10. The minimum Gasteiger partial charge on any atom is -0.384 e. The van der Waals surface area contributed by atoms with Gasteiger partial charge >= 0.3 is 0 Å². The molecule has 1 aliphatic heterocycles. The van der Waals surface area contributed by atoms with Crippen molar-refractivity contribution >= 4 is 11.8 Å². The maximum atomic E-state index is 12.2. The Balaban J connectivity index is 2.40. The third-order valence-corrected chi connectivity index (χ3v) is 3.85. The van der Waals surface area contributed by atoms with E-state index in [1.807, 2.05) is 16.7 Å². The van der Waals surface area contributed by atoms with Gasteiger partial charge in [0.15, 0.2) is 0 Å². The molecule has 0 aromatic rings. The van der Waals surface area contributed by atoms with Crippen molar-refractivity contribution in [1.82, 2.24) is 9.80 Å². The van der Waals surface area contributed by atoms with Gasteiger partial charge in [0, 0.05) is 39.2 Å². The van der Waals surface area contributed by atoms with Crippen LogP contribution in [0.1, 0.15) is 27.2 Å². The topological polar surface area (TPSA) is 49.9 Å². The normalized spacial score (nSPS) is 17.7. The fourth-order valence-electron chi connectivity index (χ4n) is 2.10. The van der Waals surface area contributed by atoms with Crippen LogP contribution in [0.25, 0.3) is 0 Å². The van der Waals surface area contributed by atoms with Crippen LogP contribution in [0.4, 0.5) is 0 Å². The molecule has 5 heteroatoms. The quantitative estimate of drug-likeness (QED) is 0.748. The second kappa shape index (κ2) is 7.48. The fourth-order valence-corrected chi connectivity index (χ4v) is 2.10. The minimum atomic E-state index is 0.0516. The highest BCUT2D eigenvalue weighted by Gasteiger charge is 2.27. The van der Waals surface area contributed by atoms with Gasteiger partial charge in [-0.15, -0.1) is 0 Å². The smallest absolute Gasteiger partial charge is 0.225 e. The van der Waals surface area contributed by atoms with Gasteiger partial charge in [-0.3, -0.25) is 9.59 Å². The number of piperazine rings is 1. The molecule has 1 rings (SSSR count). The monoisotopic (exact) mass is 270 g/mol. The number of hydrogen-bond acceptors (Lipinski definition) is 3. The molecule has 0 aromatic carbocycles. The molecule has 0 saturated carbocycles. The molecule has 2 amide bonds. The third-order valence-electron chi connectivity index (χ3n) is 3.85. The summed E-state index contributed by atoms with van der Waals surface area (Å²) >= 11 is 0. The van der Waals surface area contributed by atoms with Gasteiger partial charge in [0.25, 0.3) is 0 Å². The first-order chi connectivity index (χ1) is 8.97. The predicted octanol–water partition coefficient (Wildman–Crippen LogP) is 0.986. The van der Waals surface area contributed by atoms with Gasteiger partial charge in [-0.25, -0.2) is 0 Å². The Bertz CT molecular complexity index is 310. The zero-order valence-electron chi connectivity index (χ0n) is 12.5.